The van der Waals surface area contributed by atoms with Crippen LogP contribution in [-0.4, -0.2) is 35.3 Å². The van der Waals surface area contributed by atoms with E-state index in [0.29, 0.717) is 23.5 Å². The number of rotatable bonds is 6. The lowest BCUT2D eigenvalue weighted by molar-refractivity contribution is 0.199. The maximum absolute atomic E-state index is 13.6. The van der Waals surface area contributed by atoms with Gasteiger partial charge in [0.05, 0.1) is 18.5 Å². The summed E-state index contributed by atoms with van der Waals surface area (Å²) < 4.78 is 58.9. The molecular weight excluding hydrogens is 292 g/mol. The van der Waals surface area contributed by atoms with Gasteiger partial charge in [-0.1, -0.05) is 5.21 Å². The van der Waals surface area contributed by atoms with Gasteiger partial charge in [0.1, 0.15) is 5.69 Å². The second-order valence-corrected chi connectivity index (χ2v) is 4.14. The zero-order valence-electron chi connectivity index (χ0n) is 11.0. The van der Waals surface area contributed by atoms with Gasteiger partial charge in [-0.3, -0.25) is 0 Å². The molecule has 0 aliphatic rings. The minimum atomic E-state index is -1.53. The molecule has 0 spiro atoms. The molecule has 2 aromatic rings. The number of hydrogen-bond donors (Lipinski definition) is 1. The van der Waals surface area contributed by atoms with Crippen LogP contribution >= 0.6 is 0 Å². The number of ether oxygens (including phenoxy) is 1. The fraction of sp³-hybridized carbons (Fsp3) is 0.333. The van der Waals surface area contributed by atoms with Crippen LogP contribution in [0.3, 0.4) is 0 Å². The highest BCUT2D eigenvalue weighted by Crippen LogP contribution is 2.22. The Bertz CT molecular complexity index is 606. The third kappa shape index (κ3) is 3.37. The van der Waals surface area contributed by atoms with Crippen molar-refractivity contribution < 1.29 is 22.3 Å². The molecule has 0 aliphatic heterocycles. The van der Waals surface area contributed by atoms with Crippen LogP contribution in [0.2, 0.25) is 0 Å². The van der Waals surface area contributed by atoms with Crippen molar-refractivity contribution in [2.75, 3.05) is 20.3 Å². The van der Waals surface area contributed by atoms with Crippen molar-refractivity contribution in [2.24, 2.45) is 0 Å². The fourth-order valence-corrected chi connectivity index (χ4v) is 1.64. The van der Waals surface area contributed by atoms with Crippen LogP contribution in [0.5, 0.6) is 0 Å². The van der Waals surface area contributed by atoms with Gasteiger partial charge in [0.15, 0.2) is 23.3 Å². The summed E-state index contributed by atoms with van der Waals surface area (Å²) in [5.74, 6) is -6.06. The first-order valence-electron chi connectivity index (χ1n) is 5.98. The van der Waals surface area contributed by atoms with Gasteiger partial charge < -0.3 is 10.1 Å². The van der Waals surface area contributed by atoms with Gasteiger partial charge in [-0.2, -0.15) is 0 Å². The molecule has 1 N–H and O–H groups in total. The largest absolute Gasteiger partial charge is 0.383 e. The maximum Gasteiger partial charge on any atom is 0.187 e. The summed E-state index contributed by atoms with van der Waals surface area (Å²) in [6, 6.07) is 0.137. The molecule has 114 valence electrons. The van der Waals surface area contributed by atoms with Crippen molar-refractivity contribution in [3.05, 3.63) is 41.2 Å². The molecule has 9 heteroatoms. The number of methoxy groups -OCH3 is 1. The number of aromatic nitrogens is 3. The molecule has 0 radical (unpaired) electrons. The summed E-state index contributed by atoms with van der Waals surface area (Å²) in [4.78, 5) is 0. The molecule has 0 amide bonds. The average molecular weight is 304 g/mol. The molecule has 0 bridgehead atoms. The van der Waals surface area contributed by atoms with Crippen LogP contribution in [0.25, 0.3) is 5.69 Å². The molecule has 0 atom stereocenters. The highest BCUT2D eigenvalue weighted by molar-refractivity contribution is 5.36. The third-order valence-corrected chi connectivity index (χ3v) is 2.65. The van der Waals surface area contributed by atoms with E-state index in [0.717, 1.165) is 0 Å². The molecule has 5 nitrogen and oxygen atoms in total. The number of halogens is 4. The van der Waals surface area contributed by atoms with E-state index < -0.39 is 29.0 Å². The number of benzene rings is 1. The van der Waals surface area contributed by atoms with Crippen molar-refractivity contribution in [1.82, 2.24) is 20.3 Å². The molecule has 2 rings (SSSR count). The van der Waals surface area contributed by atoms with Crippen LogP contribution in [-0.2, 0) is 11.3 Å². The lowest BCUT2D eigenvalue weighted by atomic mass is 10.2. The molecule has 0 fully saturated rings. The van der Waals surface area contributed by atoms with Crippen molar-refractivity contribution in [2.45, 2.75) is 6.54 Å². The molecule has 0 unspecified atom stereocenters. The van der Waals surface area contributed by atoms with E-state index >= 15 is 0 Å². The van der Waals surface area contributed by atoms with E-state index in [1.54, 1.807) is 7.11 Å². The first-order valence-corrected chi connectivity index (χ1v) is 5.98. The number of nitrogens with zero attached hydrogens (tertiary/aromatic N) is 3. The Morgan fingerprint density at radius 2 is 1.86 bits per heavy atom. The Morgan fingerprint density at radius 1 is 1.19 bits per heavy atom. The van der Waals surface area contributed by atoms with Crippen LogP contribution in [0, 0.1) is 23.3 Å². The van der Waals surface area contributed by atoms with Gasteiger partial charge in [-0.15, -0.1) is 5.10 Å². The fourth-order valence-electron chi connectivity index (χ4n) is 1.64. The lowest BCUT2D eigenvalue weighted by Crippen LogP contribution is -2.18. The molecule has 0 saturated carbocycles. The summed E-state index contributed by atoms with van der Waals surface area (Å²) in [5, 5.41) is 10.1. The molecule has 21 heavy (non-hydrogen) atoms. The SMILES string of the molecule is COCCNCc1cn(-c2c(F)c(F)cc(F)c2F)nn1. The smallest absolute Gasteiger partial charge is 0.187 e. The molecule has 0 aliphatic carbocycles. The van der Waals surface area contributed by atoms with Gasteiger partial charge in [0, 0.05) is 26.3 Å². The Morgan fingerprint density at radius 3 is 2.48 bits per heavy atom. The first kappa shape index (κ1) is 15.4. The zero-order valence-corrected chi connectivity index (χ0v) is 11.0. The van der Waals surface area contributed by atoms with Gasteiger partial charge in [-0.05, 0) is 0 Å². The van der Waals surface area contributed by atoms with E-state index in [1.165, 1.54) is 6.20 Å². The number of nitrogens with one attached hydrogen (secondary N) is 1. The standard InChI is InChI=1S/C12H12F4N4O/c1-21-3-2-17-5-7-6-20(19-18-7)12-10(15)8(13)4-9(14)11(12)16/h4,6,17H,2-3,5H2,1H3. The van der Waals surface area contributed by atoms with E-state index in [-0.39, 0.29) is 12.6 Å². The van der Waals surface area contributed by atoms with Crippen molar-refractivity contribution >= 4 is 0 Å². The molecule has 1 aromatic heterocycles. The van der Waals surface area contributed by atoms with Crippen LogP contribution < -0.4 is 5.32 Å². The Labute approximate surface area is 117 Å². The average Bonchev–Trinajstić information content (AvgIpc) is 2.90. The second kappa shape index (κ2) is 6.64. The highest BCUT2D eigenvalue weighted by Gasteiger charge is 2.21. The van der Waals surface area contributed by atoms with E-state index in [4.69, 9.17) is 4.74 Å². The predicted octanol–water partition coefficient (Wildman–Crippen LogP) is 1.56. The topological polar surface area (TPSA) is 52.0 Å². The third-order valence-electron chi connectivity index (χ3n) is 2.65. The predicted molar refractivity (Wildman–Crippen MR) is 64.8 cm³/mol. The minimum absolute atomic E-state index is 0.137. The summed E-state index contributed by atoms with van der Waals surface area (Å²) in [7, 11) is 1.54. The van der Waals surface area contributed by atoms with Crippen molar-refractivity contribution in [3.8, 4) is 5.69 Å². The summed E-state index contributed by atoms with van der Waals surface area (Å²) in [6.45, 7) is 1.29. The second-order valence-electron chi connectivity index (χ2n) is 4.14. The molecule has 1 aromatic carbocycles. The van der Waals surface area contributed by atoms with E-state index in [2.05, 4.69) is 15.6 Å². The normalized spacial score (nSPS) is 11.1. The monoisotopic (exact) mass is 304 g/mol. The quantitative estimate of drug-likeness (QED) is 0.500. The van der Waals surface area contributed by atoms with Crippen LogP contribution in [0.15, 0.2) is 12.3 Å². The lowest BCUT2D eigenvalue weighted by Gasteiger charge is -2.05. The summed E-state index contributed by atoms with van der Waals surface area (Å²) >= 11 is 0. The van der Waals surface area contributed by atoms with Gasteiger partial charge in [0.2, 0.25) is 0 Å². The van der Waals surface area contributed by atoms with Gasteiger partial charge in [-0.25, -0.2) is 22.2 Å². The minimum Gasteiger partial charge on any atom is -0.383 e. The zero-order chi connectivity index (χ0) is 15.4. The molecule has 0 saturated heterocycles. The van der Waals surface area contributed by atoms with E-state index in [9.17, 15) is 17.6 Å². The van der Waals surface area contributed by atoms with Crippen LogP contribution in [0.1, 0.15) is 5.69 Å². The summed E-state index contributed by atoms with van der Waals surface area (Å²) in [6.07, 6.45) is 1.18. The molecule has 1 heterocycles. The first-order chi connectivity index (χ1) is 10.0. The Kier molecular flexibility index (Phi) is 4.86. The Hall–Kier alpha value is -2.00. The maximum atomic E-state index is 13.6. The van der Waals surface area contributed by atoms with Crippen LogP contribution in [0.4, 0.5) is 17.6 Å². The van der Waals surface area contributed by atoms with Crippen molar-refractivity contribution in [1.29, 1.82) is 0 Å². The number of hydrogen-bond acceptors (Lipinski definition) is 4. The highest BCUT2D eigenvalue weighted by atomic mass is 19.2. The van der Waals surface area contributed by atoms with Gasteiger partial charge >= 0.3 is 0 Å². The van der Waals surface area contributed by atoms with E-state index in [1.807, 2.05) is 0 Å². The van der Waals surface area contributed by atoms with Crippen molar-refractivity contribution in [3.63, 3.8) is 0 Å². The molecular formula is C12H12F4N4O. The Balaban J connectivity index is 2.22. The summed E-state index contributed by atoms with van der Waals surface area (Å²) in [5.41, 5.74) is -0.585. The van der Waals surface area contributed by atoms with Gasteiger partial charge in [0.25, 0.3) is 0 Å².